The second kappa shape index (κ2) is 37.5. The van der Waals surface area contributed by atoms with Crippen LogP contribution in [0.15, 0.2) is 0 Å². The molecule has 0 unspecified atom stereocenters. The molecule has 28 nitrogen and oxygen atoms in total. The van der Waals surface area contributed by atoms with Gasteiger partial charge >= 0.3 is 136 Å². The number of hydrogen-bond donors (Lipinski definition) is 20. The molecule has 0 atom stereocenters. The molecule has 0 saturated heterocycles. The van der Waals surface area contributed by atoms with Crippen molar-refractivity contribution < 1.29 is 135 Å². The van der Waals surface area contributed by atoms with E-state index in [-0.39, 0.29) is 101 Å². The van der Waals surface area contributed by atoms with E-state index in [1.54, 1.807) is 0 Å². The van der Waals surface area contributed by atoms with Crippen molar-refractivity contribution in [3.05, 3.63) is 0 Å². The third-order valence-electron chi connectivity index (χ3n) is 10.2. The SMILES string of the molecule is CCCCCCCC(O)(P(=O)(O)O)P(=O)(O)O.CCCCCCCC(O)(P(=O)(O)O)P(=O)(O)O.CCCCCCCC(O)(P(=O)(O)O)P(=O)(O)O.CCCCCCCC(O)(P(=O)(O)O)P(=O)(O)O.[CaH2].[CaH2]. The van der Waals surface area contributed by atoms with Crippen LogP contribution in [0.3, 0.4) is 0 Å². The molecule has 0 heterocycles. The van der Waals surface area contributed by atoms with Crippen LogP contribution in [0.5, 0.6) is 0 Å². The van der Waals surface area contributed by atoms with E-state index < -0.39 is 107 Å². The van der Waals surface area contributed by atoms with Gasteiger partial charge in [-0.2, -0.15) is 0 Å². The van der Waals surface area contributed by atoms with Crippen LogP contribution in [0.4, 0.5) is 0 Å². The monoisotopic (exact) mass is 1240 g/mol. The van der Waals surface area contributed by atoms with Crippen molar-refractivity contribution in [3.63, 3.8) is 0 Å². The molecule has 20 N–H and O–H groups in total. The number of rotatable bonds is 32. The first-order valence-electron chi connectivity index (χ1n) is 21.6. The van der Waals surface area contributed by atoms with Gasteiger partial charge in [0.2, 0.25) is 0 Å². The third kappa shape index (κ3) is 30.8. The second-order valence-corrected chi connectivity index (χ2v) is 32.1. The van der Waals surface area contributed by atoms with Gasteiger partial charge in [-0.1, -0.05) is 130 Å². The Morgan fingerprint density at radius 2 is 0.329 bits per heavy atom. The van der Waals surface area contributed by atoms with Crippen LogP contribution >= 0.6 is 60.8 Å². The molecule has 0 aliphatic heterocycles. The quantitative estimate of drug-likeness (QED) is 0.0260. The molecular formula is C32H84Ca2O28P8. The average Bonchev–Trinajstić information content (AvgIpc) is 3.14. The molecule has 0 aromatic heterocycles. The molecule has 0 radical (unpaired) electrons. The van der Waals surface area contributed by atoms with Gasteiger partial charge in [0.15, 0.2) is 0 Å². The fraction of sp³-hybridized carbons (Fsp3) is 1.00. The Morgan fingerprint density at radius 3 is 0.414 bits per heavy atom. The van der Waals surface area contributed by atoms with Gasteiger partial charge in [0.25, 0.3) is 20.3 Å². The molecule has 38 heteroatoms. The number of unbranched alkanes of at least 4 members (excludes halogenated alkanes) is 16. The summed E-state index contributed by atoms with van der Waals surface area (Å²) in [5, 5.41) is 25.1. The Bertz CT molecular complexity index is 1450. The van der Waals surface area contributed by atoms with E-state index in [4.69, 9.17) is 78.3 Å². The maximum atomic E-state index is 11.0. The maximum absolute atomic E-state index is 11.0. The number of hydrogen-bond acceptors (Lipinski definition) is 12. The minimum absolute atomic E-state index is 0. The predicted molar refractivity (Wildman–Crippen MR) is 267 cm³/mol. The molecule has 0 aliphatic carbocycles. The summed E-state index contributed by atoms with van der Waals surface area (Å²) < 4.78 is 87.8. The Kier molecular flexibility index (Phi) is 45.4. The molecule has 0 saturated carbocycles. The molecule has 0 rings (SSSR count). The number of aliphatic hydroxyl groups is 4. The van der Waals surface area contributed by atoms with Gasteiger partial charge in [-0.25, -0.2) is 0 Å². The van der Waals surface area contributed by atoms with E-state index in [1.807, 2.05) is 27.7 Å². The normalized spacial score (nSPS) is 13.6. The van der Waals surface area contributed by atoms with Crippen LogP contribution < -0.4 is 0 Å². The van der Waals surface area contributed by atoms with Crippen molar-refractivity contribution in [2.75, 3.05) is 0 Å². The Balaban J connectivity index is -0.000000193. The van der Waals surface area contributed by atoms with Gasteiger partial charge in [-0.3, -0.25) is 36.5 Å². The van der Waals surface area contributed by atoms with Crippen molar-refractivity contribution in [2.24, 2.45) is 0 Å². The van der Waals surface area contributed by atoms with Crippen molar-refractivity contribution in [2.45, 2.75) is 202 Å². The van der Waals surface area contributed by atoms with Gasteiger partial charge in [0, 0.05) is 0 Å². The Hall–Kier alpha value is 3.56. The zero-order valence-electron chi connectivity index (χ0n) is 38.8. The van der Waals surface area contributed by atoms with Gasteiger partial charge < -0.3 is 98.7 Å². The van der Waals surface area contributed by atoms with Crippen molar-refractivity contribution >= 4 is 136 Å². The van der Waals surface area contributed by atoms with Crippen molar-refractivity contribution in [1.29, 1.82) is 0 Å². The van der Waals surface area contributed by atoms with Crippen LogP contribution in [0.25, 0.3) is 0 Å². The fourth-order valence-electron chi connectivity index (χ4n) is 5.71. The third-order valence-corrected chi connectivity index (χ3v) is 25.7. The first kappa shape index (κ1) is 84.9. The Labute approximate surface area is 469 Å². The van der Waals surface area contributed by atoms with E-state index in [9.17, 15) is 56.9 Å². The van der Waals surface area contributed by atoms with Crippen LogP contribution in [0.2, 0.25) is 0 Å². The molecule has 0 bridgehead atoms. The molecule has 0 fully saturated rings. The molecule has 0 aliphatic rings. The molecule has 0 aromatic carbocycles. The van der Waals surface area contributed by atoms with Crippen molar-refractivity contribution in [3.8, 4) is 0 Å². The average molecular weight is 1240 g/mol. The topological polar surface area (TPSA) is 541 Å². The van der Waals surface area contributed by atoms with E-state index in [2.05, 4.69) is 0 Å². The molecule has 70 heavy (non-hydrogen) atoms. The van der Waals surface area contributed by atoms with Gasteiger partial charge in [0.1, 0.15) is 0 Å². The predicted octanol–water partition coefficient (Wildman–Crippen LogP) is 3.56. The van der Waals surface area contributed by atoms with Crippen LogP contribution in [-0.2, 0) is 36.5 Å². The van der Waals surface area contributed by atoms with E-state index in [1.165, 1.54) is 0 Å². The molecular weight excluding hydrogens is 1160 g/mol. The standard InChI is InChI=1S/4C8H20O7P2.2Ca.4H/c4*1-2-3-4-5-6-7-8(9,16(10,11)12)17(13,14)15;;;;;;/h4*9H,2-7H2,1H3,(H2,10,11,12)(H2,13,14,15);;;;;;. The zero-order chi connectivity index (χ0) is 55.0. The second-order valence-electron chi connectivity index (χ2n) is 16.1. The summed E-state index contributed by atoms with van der Waals surface area (Å²) in [5.74, 6) is 0. The Morgan fingerprint density at radius 1 is 0.229 bits per heavy atom. The molecule has 0 aromatic rings. The molecule has 0 amide bonds. The minimum atomic E-state index is -5.27. The van der Waals surface area contributed by atoms with Crippen molar-refractivity contribution in [1.82, 2.24) is 0 Å². The first-order valence-corrected chi connectivity index (χ1v) is 34.5. The molecule has 0 spiro atoms. The summed E-state index contributed by atoms with van der Waals surface area (Å²) in [6.45, 7) is 7.95. The van der Waals surface area contributed by atoms with Gasteiger partial charge in [-0.05, 0) is 51.4 Å². The van der Waals surface area contributed by atoms with Gasteiger partial charge in [-0.15, -0.1) is 0 Å². The van der Waals surface area contributed by atoms with Gasteiger partial charge in [0.05, 0.1) is 0 Å². The zero-order valence-corrected chi connectivity index (χ0v) is 45.9. The first-order chi connectivity index (χ1) is 30.2. The van der Waals surface area contributed by atoms with E-state index in [0.717, 1.165) is 77.0 Å². The summed E-state index contributed by atoms with van der Waals surface area (Å²) >= 11 is 0. The summed E-state index contributed by atoms with van der Waals surface area (Å²) in [6, 6.07) is 0. The summed E-state index contributed by atoms with van der Waals surface area (Å²) in [7, 11) is -42.2. The van der Waals surface area contributed by atoms with Crippen LogP contribution in [0, 0.1) is 0 Å². The fourth-order valence-corrected chi connectivity index (χ4v) is 14.7. The van der Waals surface area contributed by atoms with E-state index in [0.29, 0.717) is 25.7 Å². The molecule has 424 valence electrons. The van der Waals surface area contributed by atoms with E-state index >= 15 is 0 Å². The summed E-state index contributed by atoms with van der Waals surface area (Å²) in [6.07, 6.45) is 11.3. The van der Waals surface area contributed by atoms with Crippen LogP contribution in [0.1, 0.15) is 182 Å². The summed E-state index contributed by atoms with van der Waals surface area (Å²) in [5.41, 5.74) is 0. The van der Waals surface area contributed by atoms with Crippen LogP contribution in [-0.4, -0.2) is 195 Å². The summed E-state index contributed by atoms with van der Waals surface area (Å²) in [4.78, 5) is 142.